The van der Waals surface area contributed by atoms with Crippen LogP contribution in [-0.4, -0.2) is 63.2 Å². The lowest BCUT2D eigenvalue weighted by Gasteiger charge is -2.59. The molecule has 7 nitrogen and oxygen atoms in total. The zero-order valence-electron chi connectivity index (χ0n) is 21.3. The molecule has 0 bridgehead atoms. The number of Topliss-reactive ketones (excluding diaryl/α,β-unsaturated/α-hetero) is 1. The topological polar surface area (TPSA) is 109 Å². The minimum atomic E-state index is -1.23. The predicted octanol–water partition coefficient (Wildman–Crippen LogP) is 2.56. The van der Waals surface area contributed by atoms with Crippen LogP contribution >= 0.6 is 0 Å². The van der Waals surface area contributed by atoms with Gasteiger partial charge in [-0.3, -0.25) is 9.59 Å². The van der Waals surface area contributed by atoms with Crippen LogP contribution in [0.25, 0.3) is 0 Å². The van der Waals surface area contributed by atoms with Gasteiger partial charge >= 0.3 is 0 Å². The first kappa shape index (κ1) is 23.0. The van der Waals surface area contributed by atoms with E-state index in [2.05, 4.69) is 13.8 Å². The molecule has 0 aromatic carbocycles. The van der Waals surface area contributed by atoms with E-state index in [0.717, 1.165) is 12.8 Å². The highest BCUT2D eigenvalue weighted by molar-refractivity contribution is 5.98. The number of allylic oxidation sites excluding steroid dienone is 1. The lowest BCUT2D eigenvalue weighted by molar-refractivity contribution is -0.205. The number of aliphatic hydroxyl groups excluding tert-OH is 1. The molecule has 7 aliphatic rings. The van der Waals surface area contributed by atoms with Crippen molar-refractivity contribution in [3.8, 4) is 0 Å². The lowest BCUT2D eigenvalue weighted by atomic mass is 9.43. The number of hydrogen-bond donors (Lipinski definition) is 2. The summed E-state index contributed by atoms with van der Waals surface area (Å²) < 4.78 is 18.2. The molecule has 3 saturated carbocycles. The van der Waals surface area contributed by atoms with Gasteiger partial charge in [0.25, 0.3) is 0 Å². The SMILES string of the molecule is C[C@@H]([C@@H]1C[C@]2(C)O[C@]2(C)[C@H](O)O1)[C@@H]1CC[C@H]2[C@@H]3[C@@H]4O[C@@H]4[C@@]4(O)CC=CC(=O)[C@]4(C)[C@@H]3CC(=O)[C@@]12C. The van der Waals surface area contributed by atoms with Crippen molar-refractivity contribution in [2.75, 3.05) is 0 Å². The third-order valence-corrected chi connectivity index (χ3v) is 12.5. The fourth-order valence-electron chi connectivity index (χ4n) is 9.89. The summed E-state index contributed by atoms with van der Waals surface area (Å²) in [5.41, 5.74) is -3.80. The highest BCUT2D eigenvalue weighted by Crippen LogP contribution is 2.71. The fourth-order valence-corrected chi connectivity index (χ4v) is 9.89. The van der Waals surface area contributed by atoms with Crippen LogP contribution in [0.1, 0.15) is 66.7 Å². The minimum Gasteiger partial charge on any atom is -0.386 e. The van der Waals surface area contributed by atoms with Crippen molar-refractivity contribution in [2.24, 2.45) is 40.4 Å². The van der Waals surface area contributed by atoms with Crippen LogP contribution in [0.3, 0.4) is 0 Å². The van der Waals surface area contributed by atoms with E-state index in [1.807, 2.05) is 20.8 Å². The highest BCUT2D eigenvalue weighted by atomic mass is 16.7. The van der Waals surface area contributed by atoms with Gasteiger partial charge in [0.2, 0.25) is 0 Å². The first-order chi connectivity index (χ1) is 16.3. The summed E-state index contributed by atoms with van der Waals surface area (Å²) in [5.74, 6) is 0.335. The van der Waals surface area contributed by atoms with Crippen molar-refractivity contribution in [1.29, 1.82) is 0 Å². The summed E-state index contributed by atoms with van der Waals surface area (Å²) in [6.45, 7) is 10.1. The second-order valence-electron chi connectivity index (χ2n) is 13.5. The number of epoxide rings is 2. The molecule has 0 spiro atoms. The van der Waals surface area contributed by atoms with Gasteiger partial charge in [0.15, 0.2) is 12.1 Å². The van der Waals surface area contributed by atoms with Crippen molar-refractivity contribution in [1.82, 2.24) is 0 Å². The smallest absolute Gasteiger partial charge is 0.186 e. The Labute approximate surface area is 206 Å². The lowest BCUT2D eigenvalue weighted by Crippen LogP contribution is -2.68. The van der Waals surface area contributed by atoms with E-state index < -0.39 is 33.9 Å². The van der Waals surface area contributed by atoms with Gasteiger partial charge < -0.3 is 24.4 Å². The Hall–Kier alpha value is -1.12. The van der Waals surface area contributed by atoms with Crippen molar-refractivity contribution in [2.45, 2.75) is 108 Å². The maximum atomic E-state index is 14.1. The molecule has 3 heterocycles. The fraction of sp³-hybridized carbons (Fsp3) is 0.857. The van der Waals surface area contributed by atoms with Gasteiger partial charge in [-0.2, -0.15) is 0 Å². The van der Waals surface area contributed by atoms with Crippen LogP contribution in [0, 0.1) is 40.4 Å². The van der Waals surface area contributed by atoms with E-state index >= 15 is 0 Å². The van der Waals surface area contributed by atoms with E-state index in [-0.39, 0.29) is 59.5 Å². The van der Waals surface area contributed by atoms with E-state index in [4.69, 9.17) is 14.2 Å². The molecule has 3 aliphatic heterocycles. The normalized spacial score (nSPS) is 62.8. The average Bonchev–Trinajstić information content (AvgIpc) is 3.66. The third kappa shape index (κ3) is 2.42. The van der Waals surface area contributed by atoms with Gasteiger partial charge in [-0.25, -0.2) is 0 Å². The van der Waals surface area contributed by atoms with Crippen molar-refractivity contribution < 1.29 is 34.0 Å². The van der Waals surface area contributed by atoms with Crippen molar-refractivity contribution in [3.63, 3.8) is 0 Å². The quantitative estimate of drug-likeness (QED) is 0.578. The molecule has 14 atom stereocenters. The Kier molecular flexibility index (Phi) is 4.26. The summed E-state index contributed by atoms with van der Waals surface area (Å²) >= 11 is 0. The molecular weight excluding hydrogens is 448 g/mol. The zero-order chi connectivity index (χ0) is 24.9. The molecule has 0 amide bonds. The Balaban J connectivity index is 1.21. The van der Waals surface area contributed by atoms with Gasteiger partial charge in [-0.15, -0.1) is 0 Å². The van der Waals surface area contributed by atoms with Crippen molar-refractivity contribution >= 4 is 11.6 Å². The molecule has 0 aromatic heterocycles. The van der Waals surface area contributed by atoms with Crippen LogP contribution < -0.4 is 0 Å². The van der Waals surface area contributed by atoms with Gasteiger partial charge in [0.1, 0.15) is 28.7 Å². The molecule has 3 saturated heterocycles. The Bertz CT molecular complexity index is 1060. The summed E-state index contributed by atoms with van der Waals surface area (Å²) in [7, 11) is 0. The summed E-state index contributed by atoms with van der Waals surface area (Å²) in [4.78, 5) is 27.4. The molecule has 0 radical (unpaired) electrons. The summed E-state index contributed by atoms with van der Waals surface area (Å²) in [6, 6.07) is 0. The van der Waals surface area contributed by atoms with E-state index in [9.17, 15) is 19.8 Å². The Morgan fingerprint density at radius 2 is 1.83 bits per heavy atom. The van der Waals surface area contributed by atoms with Gasteiger partial charge in [0.05, 0.1) is 17.6 Å². The molecule has 192 valence electrons. The number of carbonyl (C=O) groups excluding carboxylic acids is 2. The van der Waals surface area contributed by atoms with Crippen molar-refractivity contribution in [3.05, 3.63) is 12.2 Å². The molecular formula is C28H38O7. The number of aliphatic hydroxyl groups is 2. The molecule has 35 heavy (non-hydrogen) atoms. The second-order valence-corrected chi connectivity index (χ2v) is 13.5. The number of hydrogen-bond acceptors (Lipinski definition) is 7. The maximum absolute atomic E-state index is 14.1. The number of fused-ring (bicyclic) bond motifs is 9. The standard InChI is InChI=1S/C28H38O7/c1-13(17-12-24(2)27(5,35-24)23(31)33-17)14-8-9-15-20-16(11-19(30)25(14,15)3)26(4)18(29)7-6-10-28(26,32)22-21(20)34-22/h6-7,13-17,20-23,31-32H,8-12H2,1-5H3/t13-,14+,15+,16-,17+,20+,21+,22+,23-,24+,25+,26+,27-,28+/m1/s1. The second kappa shape index (κ2) is 6.47. The van der Waals surface area contributed by atoms with Gasteiger partial charge in [0, 0.05) is 18.3 Å². The number of rotatable bonds is 2. The molecule has 6 fully saturated rings. The molecule has 7 heteroatoms. The van der Waals surface area contributed by atoms with Crippen LogP contribution in [0.15, 0.2) is 12.2 Å². The summed E-state index contributed by atoms with van der Waals surface area (Å²) in [6.07, 6.45) is 5.03. The number of ether oxygens (including phenoxy) is 3. The highest BCUT2D eigenvalue weighted by Gasteiger charge is 2.79. The van der Waals surface area contributed by atoms with Crippen LogP contribution in [0.5, 0.6) is 0 Å². The largest absolute Gasteiger partial charge is 0.386 e. The number of carbonyl (C=O) groups is 2. The zero-order valence-corrected chi connectivity index (χ0v) is 21.3. The molecule has 0 aromatic rings. The first-order valence-corrected chi connectivity index (χ1v) is 13.5. The molecule has 2 N–H and O–H groups in total. The van der Waals surface area contributed by atoms with Crippen LogP contribution in [0.2, 0.25) is 0 Å². The van der Waals surface area contributed by atoms with Gasteiger partial charge in [-0.05, 0) is 75.7 Å². The van der Waals surface area contributed by atoms with E-state index in [1.54, 1.807) is 12.2 Å². The average molecular weight is 487 g/mol. The van der Waals surface area contributed by atoms with Crippen LogP contribution in [0.4, 0.5) is 0 Å². The minimum absolute atomic E-state index is 0.0696. The van der Waals surface area contributed by atoms with Gasteiger partial charge in [-0.1, -0.05) is 19.9 Å². The van der Waals surface area contributed by atoms with Crippen LogP contribution in [-0.2, 0) is 23.8 Å². The third-order valence-electron chi connectivity index (χ3n) is 12.5. The Morgan fingerprint density at radius 3 is 2.54 bits per heavy atom. The monoisotopic (exact) mass is 486 g/mol. The number of ketones is 2. The Morgan fingerprint density at radius 1 is 1.09 bits per heavy atom. The predicted molar refractivity (Wildman–Crippen MR) is 124 cm³/mol. The van der Waals surface area contributed by atoms with E-state index in [0.29, 0.717) is 19.3 Å². The molecule has 7 rings (SSSR count). The maximum Gasteiger partial charge on any atom is 0.186 e. The van der Waals surface area contributed by atoms with E-state index in [1.165, 1.54) is 0 Å². The molecule has 0 unspecified atom stereocenters. The summed E-state index contributed by atoms with van der Waals surface area (Å²) in [5, 5.41) is 22.4. The first-order valence-electron chi connectivity index (χ1n) is 13.5. The molecule has 4 aliphatic carbocycles.